The molecule has 0 spiro atoms. The minimum atomic E-state index is -0.382. The van der Waals surface area contributed by atoms with E-state index in [-0.39, 0.29) is 36.5 Å². The first kappa shape index (κ1) is 17.3. The number of ether oxygens (including phenoxy) is 1. The average Bonchev–Trinajstić information content (AvgIpc) is 2.44. The summed E-state index contributed by atoms with van der Waals surface area (Å²) in [6.07, 6.45) is 1.20. The highest BCUT2D eigenvalue weighted by Gasteiger charge is 2.09. The lowest BCUT2D eigenvalue weighted by atomic mass is 10.1. The molecule has 5 heteroatoms. The molecule has 1 N–H and O–H groups in total. The summed E-state index contributed by atoms with van der Waals surface area (Å²) in [7, 11) is 0. The summed E-state index contributed by atoms with van der Waals surface area (Å²) in [5.41, 5.74) is 0.425. The molecule has 21 heavy (non-hydrogen) atoms. The Morgan fingerprint density at radius 1 is 1.19 bits per heavy atom. The Labute approximate surface area is 124 Å². The largest absolute Gasteiger partial charge is 0.379 e. The maximum Gasteiger partial charge on any atom is 0.220 e. The molecule has 116 valence electrons. The molecule has 1 aromatic carbocycles. The third kappa shape index (κ3) is 7.56. The fourth-order valence-electron chi connectivity index (χ4n) is 1.71. The van der Waals surface area contributed by atoms with E-state index in [0.717, 1.165) is 6.42 Å². The van der Waals surface area contributed by atoms with Crippen molar-refractivity contribution in [2.24, 2.45) is 0 Å². The van der Waals surface area contributed by atoms with Crippen molar-refractivity contribution in [1.29, 1.82) is 0 Å². The van der Waals surface area contributed by atoms with Crippen LogP contribution in [0.5, 0.6) is 0 Å². The number of carbonyl (C=O) groups excluding carboxylic acids is 2. The molecule has 0 saturated carbocycles. The van der Waals surface area contributed by atoms with Gasteiger partial charge in [0.1, 0.15) is 5.82 Å². The third-order valence-corrected chi connectivity index (χ3v) is 2.84. The number of halogens is 1. The molecule has 0 unspecified atom stereocenters. The molecule has 0 saturated heterocycles. The highest BCUT2D eigenvalue weighted by molar-refractivity contribution is 5.97. The number of Topliss-reactive ketones (excluding diaryl/α,β-unsaturated/α-hetero) is 1. The molecule has 0 aliphatic carbocycles. The molecule has 1 aromatic rings. The average molecular weight is 295 g/mol. The van der Waals surface area contributed by atoms with Crippen molar-refractivity contribution in [3.8, 4) is 0 Å². The van der Waals surface area contributed by atoms with E-state index in [1.165, 1.54) is 24.3 Å². The number of nitrogens with one attached hydrogen (secondary N) is 1. The second-order valence-electron chi connectivity index (χ2n) is 5.05. The van der Waals surface area contributed by atoms with Crippen molar-refractivity contribution in [2.75, 3.05) is 13.2 Å². The fourth-order valence-corrected chi connectivity index (χ4v) is 1.71. The predicted octanol–water partition coefficient (Wildman–Crippen LogP) is 2.72. The second-order valence-corrected chi connectivity index (χ2v) is 5.05. The van der Waals surface area contributed by atoms with Crippen LogP contribution in [0.4, 0.5) is 4.39 Å². The van der Waals surface area contributed by atoms with Crippen LogP contribution in [0.25, 0.3) is 0 Å². The van der Waals surface area contributed by atoms with E-state index in [4.69, 9.17) is 4.74 Å². The van der Waals surface area contributed by atoms with Crippen molar-refractivity contribution in [3.05, 3.63) is 35.6 Å². The van der Waals surface area contributed by atoms with E-state index in [9.17, 15) is 14.0 Å². The van der Waals surface area contributed by atoms with Crippen molar-refractivity contribution >= 4 is 11.7 Å². The molecule has 0 aliphatic rings. The summed E-state index contributed by atoms with van der Waals surface area (Å²) >= 11 is 0. The normalized spacial score (nSPS) is 10.7. The van der Waals surface area contributed by atoms with E-state index in [1.54, 1.807) is 0 Å². The summed E-state index contributed by atoms with van der Waals surface area (Å²) < 4.78 is 18.1. The molecular weight excluding hydrogens is 273 g/mol. The molecule has 4 nitrogen and oxygen atoms in total. The second kappa shape index (κ2) is 9.23. The maximum atomic E-state index is 12.7. The standard InChI is InChI=1S/C16H22FNO3/c1-12(2)21-11-3-10-18-16(20)9-8-15(19)13-4-6-14(17)7-5-13/h4-7,12H,3,8-11H2,1-2H3,(H,18,20). The molecule has 1 rings (SSSR count). The first-order valence-corrected chi connectivity index (χ1v) is 7.16. The number of hydrogen-bond acceptors (Lipinski definition) is 3. The number of carbonyl (C=O) groups is 2. The lowest BCUT2D eigenvalue weighted by Gasteiger charge is -2.08. The van der Waals surface area contributed by atoms with Gasteiger partial charge in [-0.1, -0.05) is 0 Å². The van der Waals surface area contributed by atoms with E-state index >= 15 is 0 Å². The Morgan fingerprint density at radius 2 is 1.86 bits per heavy atom. The van der Waals surface area contributed by atoms with E-state index in [1.807, 2.05) is 13.8 Å². The lowest BCUT2D eigenvalue weighted by molar-refractivity contribution is -0.121. The number of ketones is 1. The number of hydrogen-bond donors (Lipinski definition) is 1. The van der Waals surface area contributed by atoms with Crippen LogP contribution in [0, 0.1) is 5.82 Å². The molecular formula is C16H22FNO3. The third-order valence-electron chi connectivity index (χ3n) is 2.84. The van der Waals surface area contributed by atoms with Crippen molar-refractivity contribution in [3.63, 3.8) is 0 Å². The first-order chi connectivity index (χ1) is 9.99. The van der Waals surface area contributed by atoms with Crippen LogP contribution in [0.2, 0.25) is 0 Å². The Morgan fingerprint density at radius 3 is 2.48 bits per heavy atom. The molecule has 0 atom stereocenters. The number of rotatable bonds is 9. The SMILES string of the molecule is CC(C)OCCCNC(=O)CCC(=O)c1ccc(F)cc1. The quantitative estimate of drug-likeness (QED) is 0.563. The minimum absolute atomic E-state index is 0.125. The Bertz CT molecular complexity index is 457. The number of benzene rings is 1. The van der Waals surface area contributed by atoms with E-state index in [2.05, 4.69) is 5.32 Å². The summed E-state index contributed by atoms with van der Waals surface area (Å²) in [5.74, 6) is -0.698. The van der Waals surface area contributed by atoms with E-state index in [0.29, 0.717) is 18.7 Å². The topological polar surface area (TPSA) is 55.4 Å². The molecule has 0 fully saturated rings. The monoisotopic (exact) mass is 295 g/mol. The lowest BCUT2D eigenvalue weighted by Crippen LogP contribution is -2.25. The smallest absolute Gasteiger partial charge is 0.220 e. The number of amides is 1. The highest BCUT2D eigenvalue weighted by atomic mass is 19.1. The zero-order chi connectivity index (χ0) is 15.7. The van der Waals surface area contributed by atoms with Crippen LogP contribution in [0.15, 0.2) is 24.3 Å². The molecule has 0 bridgehead atoms. The van der Waals surface area contributed by atoms with Crippen molar-refractivity contribution in [1.82, 2.24) is 5.32 Å². The molecule has 0 aromatic heterocycles. The Balaban J connectivity index is 2.17. The van der Waals surface area contributed by atoms with Gasteiger partial charge < -0.3 is 10.1 Å². The molecule has 0 radical (unpaired) electrons. The first-order valence-electron chi connectivity index (χ1n) is 7.16. The Hall–Kier alpha value is -1.75. The van der Waals surface area contributed by atoms with Crippen LogP contribution in [-0.4, -0.2) is 30.9 Å². The summed E-state index contributed by atoms with van der Waals surface area (Å²) in [5, 5.41) is 2.74. The van der Waals surface area contributed by atoms with Crippen LogP contribution >= 0.6 is 0 Å². The zero-order valence-electron chi connectivity index (χ0n) is 12.5. The maximum absolute atomic E-state index is 12.7. The van der Waals surface area contributed by atoms with E-state index < -0.39 is 0 Å². The molecule has 0 heterocycles. The van der Waals surface area contributed by atoms with Crippen LogP contribution in [-0.2, 0) is 9.53 Å². The summed E-state index contributed by atoms with van der Waals surface area (Å²) in [6, 6.07) is 5.34. The van der Waals surface area contributed by atoms with Crippen molar-refractivity contribution in [2.45, 2.75) is 39.2 Å². The van der Waals surface area contributed by atoms with Gasteiger partial charge in [-0.3, -0.25) is 9.59 Å². The molecule has 1 amide bonds. The fraction of sp³-hybridized carbons (Fsp3) is 0.500. The highest BCUT2D eigenvalue weighted by Crippen LogP contribution is 2.07. The van der Waals surface area contributed by atoms with Crippen LogP contribution < -0.4 is 5.32 Å². The van der Waals surface area contributed by atoms with Gasteiger partial charge in [-0.25, -0.2) is 4.39 Å². The van der Waals surface area contributed by atoms with Gasteiger partial charge in [-0.2, -0.15) is 0 Å². The van der Waals surface area contributed by atoms with Gasteiger partial charge in [-0.15, -0.1) is 0 Å². The predicted molar refractivity (Wildman–Crippen MR) is 78.7 cm³/mol. The zero-order valence-corrected chi connectivity index (χ0v) is 12.5. The van der Waals surface area contributed by atoms with Gasteiger partial charge in [-0.05, 0) is 44.5 Å². The Kier molecular flexibility index (Phi) is 7.61. The van der Waals surface area contributed by atoms with Gasteiger partial charge in [0.15, 0.2) is 5.78 Å². The van der Waals surface area contributed by atoms with Gasteiger partial charge in [0.2, 0.25) is 5.91 Å². The molecule has 0 aliphatic heterocycles. The van der Waals surface area contributed by atoms with Crippen LogP contribution in [0.3, 0.4) is 0 Å². The van der Waals surface area contributed by atoms with Gasteiger partial charge in [0, 0.05) is 31.6 Å². The van der Waals surface area contributed by atoms with Gasteiger partial charge in [0.05, 0.1) is 6.10 Å². The van der Waals surface area contributed by atoms with Gasteiger partial charge in [0.25, 0.3) is 0 Å². The summed E-state index contributed by atoms with van der Waals surface area (Å²) in [4.78, 5) is 23.4. The van der Waals surface area contributed by atoms with Gasteiger partial charge >= 0.3 is 0 Å². The summed E-state index contributed by atoms with van der Waals surface area (Å²) in [6.45, 7) is 5.06. The van der Waals surface area contributed by atoms with Crippen molar-refractivity contribution < 1.29 is 18.7 Å². The minimum Gasteiger partial charge on any atom is -0.379 e. The van der Waals surface area contributed by atoms with Crippen LogP contribution in [0.1, 0.15) is 43.5 Å².